The quantitative estimate of drug-likeness (QED) is 0.612. The van der Waals surface area contributed by atoms with Gasteiger partial charge in [0.2, 0.25) is 0 Å². The summed E-state index contributed by atoms with van der Waals surface area (Å²) < 4.78 is 0. The minimum Gasteiger partial charge on any atom is -0.311 e. The minimum atomic E-state index is 1.01. The highest BCUT2D eigenvalue weighted by Crippen LogP contribution is 1.97. The van der Waals surface area contributed by atoms with Crippen LogP contribution in [0.5, 0.6) is 0 Å². The van der Waals surface area contributed by atoms with Gasteiger partial charge < -0.3 is 5.32 Å². The fourth-order valence-electron chi connectivity index (χ4n) is 1.14. The molecule has 1 aliphatic heterocycles. The summed E-state index contributed by atoms with van der Waals surface area (Å²) in [6, 6.07) is 0. The Morgan fingerprint density at radius 2 is 2.50 bits per heavy atom. The van der Waals surface area contributed by atoms with Gasteiger partial charge in [0.05, 0.1) is 0 Å². The average molecular weight is 140 g/mol. The Balaban J connectivity index is 2.23. The molecule has 1 saturated heterocycles. The van der Waals surface area contributed by atoms with Crippen molar-refractivity contribution in [2.75, 3.05) is 19.6 Å². The lowest BCUT2D eigenvalue weighted by molar-refractivity contribution is 0.669. The molecule has 0 atom stereocenters. The van der Waals surface area contributed by atoms with E-state index in [0.29, 0.717) is 0 Å². The van der Waals surface area contributed by atoms with Crippen molar-refractivity contribution in [1.29, 1.82) is 0 Å². The molecule has 1 aliphatic rings. The predicted octanol–water partition coefficient (Wildman–Crippen LogP) is 1.22. The molecule has 1 fully saturated rings. The molecule has 1 N–H and O–H groups in total. The van der Waals surface area contributed by atoms with Crippen LogP contribution >= 0.6 is 0 Å². The van der Waals surface area contributed by atoms with Gasteiger partial charge in [-0.3, -0.25) is 4.99 Å². The highest BCUT2D eigenvalue weighted by molar-refractivity contribution is 5.86. The number of aliphatic imine (C=N–C) groups is 1. The van der Waals surface area contributed by atoms with E-state index >= 15 is 0 Å². The number of nitrogens with one attached hydrogen (secondary N) is 1. The zero-order valence-electron chi connectivity index (χ0n) is 6.69. The highest BCUT2D eigenvalue weighted by atomic mass is 14.9. The van der Waals surface area contributed by atoms with E-state index in [9.17, 15) is 0 Å². The summed E-state index contributed by atoms with van der Waals surface area (Å²) >= 11 is 0. The van der Waals surface area contributed by atoms with Crippen LogP contribution in [0.2, 0.25) is 0 Å². The molecule has 0 spiro atoms. The second-order valence-corrected chi connectivity index (χ2v) is 2.73. The topological polar surface area (TPSA) is 24.4 Å². The molecule has 2 heteroatoms. The van der Waals surface area contributed by atoms with E-state index in [1.54, 1.807) is 0 Å². The normalized spacial score (nSPS) is 23.5. The summed E-state index contributed by atoms with van der Waals surface area (Å²) in [5.74, 6) is 0. The van der Waals surface area contributed by atoms with Crippen molar-refractivity contribution >= 4 is 5.71 Å². The molecule has 1 heterocycles. The van der Waals surface area contributed by atoms with Gasteiger partial charge in [0.1, 0.15) is 0 Å². The maximum absolute atomic E-state index is 4.46. The summed E-state index contributed by atoms with van der Waals surface area (Å²) in [6.45, 7) is 5.38. The van der Waals surface area contributed by atoms with Crippen molar-refractivity contribution in [2.45, 2.75) is 26.2 Å². The van der Waals surface area contributed by atoms with Crippen LogP contribution in [0.3, 0.4) is 0 Å². The van der Waals surface area contributed by atoms with Gasteiger partial charge >= 0.3 is 0 Å². The fraction of sp³-hybridized carbons (Fsp3) is 0.875. The Labute approximate surface area is 62.7 Å². The summed E-state index contributed by atoms with van der Waals surface area (Å²) in [7, 11) is 0. The van der Waals surface area contributed by atoms with Gasteiger partial charge in [0, 0.05) is 18.8 Å². The van der Waals surface area contributed by atoms with Crippen LogP contribution in [0, 0.1) is 0 Å². The smallest absolute Gasteiger partial charge is 0.0386 e. The third-order valence-corrected chi connectivity index (χ3v) is 1.71. The molecule has 0 aromatic carbocycles. The van der Waals surface area contributed by atoms with Gasteiger partial charge in [0.15, 0.2) is 0 Å². The molecule has 0 aliphatic carbocycles. The zero-order valence-corrected chi connectivity index (χ0v) is 6.69. The van der Waals surface area contributed by atoms with Crippen molar-refractivity contribution < 1.29 is 0 Å². The molecule has 0 amide bonds. The molecular weight excluding hydrogens is 124 g/mol. The number of hydrogen-bond donors (Lipinski definition) is 1. The highest BCUT2D eigenvalue weighted by Gasteiger charge is 2.03. The van der Waals surface area contributed by atoms with E-state index in [4.69, 9.17) is 0 Å². The summed E-state index contributed by atoms with van der Waals surface area (Å²) in [5, 5.41) is 3.31. The first-order valence-electron chi connectivity index (χ1n) is 4.16. The van der Waals surface area contributed by atoms with Gasteiger partial charge in [-0.25, -0.2) is 0 Å². The van der Waals surface area contributed by atoms with Crippen molar-refractivity contribution in [3.05, 3.63) is 0 Å². The van der Waals surface area contributed by atoms with Crippen molar-refractivity contribution in [3.63, 3.8) is 0 Å². The van der Waals surface area contributed by atoms with Crippen molar-refractivity contribution in [2.24, 2.45) is 4.99 Å². The van der Waals surface area contributed by atoms with Crippen LogP contribution in [-0.4, -0.2) is 25.3 Å². The summed E-state index contributed by atoms with van der Waals surface area (Å²) in [6.07, 6.45) is 3.65. The molecule has 0 bridgehead atoms. The van der Waals surface area contributed by atoms with E-state index in [0.717, 1.165) is 13.1 Å². The first-order chi connectivity index (χ1) is 4.93. The molecule has 0 aromatic rings. The summed E-state index contributed by atoms with van der Waals surface area (Å²) in [5.41, 5.74) is 1.37. The largest absolute Gasteiger partial charge is 0.311 e. The Bertz CT molecular complexity index is 110. The lowest BCUT2D eigenvalue weighted by atomic mass is 10.1. The van der Waals surface area contributed by atoms with Gasteiger partial charge in [0.25, 0.3) is 0 Å². The first kappa shape index (κ1) is 7.73. The number of hydrogen-bond acceptors (Lipinski definition) is 2. The third-order valence-electron chi connectivity index (χ3n) is 1.71. The zero-order chi connectivity index (χ0) is 7.23. The van der Waals surface area contributed by atoms with E-state index in [1.165, 1.54) is 31.5 Å². The molecule has 0 radical (unpaired) electrons. The minimum absolute atomic E-state index is 1.01. The molecule has 0 aromatic heterocycles. The van der Waals surface area contributed by atoms with Crippen LogP contribution in [0.4, 0.5) is 0 Å². The molecule has 0 unspecified atom stereocenters. The predicted molar refractivity (Wildman–Crippen MR) is 44.7 cm³/mol. The molecular formula is C8H16N2. The third kappa shape index (κ3) is 2.48. The number of rotatable bonds is 2. The SMILES string of the molecule is CCCN=C1CCCNC1. The Morgan fingerprint density at radius 1 is 1.60 bits per heavy atom. The van der Waals surface area contributed by atoms with Gasteiger partial charge in [-0.05, 0) is 25.8 Å². The Morgan fingerprint density at radius 3 is 3.10 bits per heavy atom. The molecule has 58 valence electrons. The molecule has 2 nitrogen and oxygen atoms in total. The molecule has 1 rings (SSSR count). The lowest BCUT2D eigenvalue weighted by Gasteiger charge is -2.13. The average Bonchev–Trinajstić information content (AvgIpc) is 2.03. The number of nitrogens with zero attached hydrogens (tertiary/aromatic N) is 1. The standard InChI is InChI=1S/C8H16N2/c1-2-5-10-8-4-3-6-9-7-8/h9H,2-7H2,1H3. The second kappa shape index (κ2) is 4.45. The first-order valence-corrected chi connectivity index (χ1v) is 4.16. The van der Waals surface area contributed by atoms with Crippen LogP contribution in [0.15, 0.2) is 4.99 Å². The maximum Gasteiger partial charge on any atom is 0.0386 e. The van der Waals surface area contributed by atoms with Crippen LogP contribution in [-0.2, 0) is 0 Å². The van der Waals surface area contributed by atoms with Gasteiger partial charge in [-0.1, -0.05) is 6.92 Å². The van der Waals surface area contributed by atoms with E-state index in [-0.39, 0.29) is 0 Å². The Hall–Kier alpha value is -0.370. The van der Waals surface area contributed by atoms with E-state index < -0.39 is 0 Å². The van der Waals surface area contributed by atoms with Gasteiger partial charge in [-0.2, -0.15) is 0 Å². The fourth-order valence-corrected chi connectivity index (χ4v) is 1.14. The van der Waals surface area contributed by atoms with E-state index in [2.05, 4.69) is 17.2 Å². The second-order valence-electron chi connectivity index (χ2n) is 2.73. The van der Waals surface area contributed by atoms with E-state index in [1.807, 2.05) is 0 Å². The van der Waals surface area contributed by atoms with Crippen LogP contribution in [0.25, 0.3) is 0 Å². The number of piperidine rings is 1. The van der Waals surface area contributed by atoms with Crippen LogP contribution < -0.4 is 5.32 Å². The maximum atomic E-state index is 4.46. The Kier molecular flexibility index (Phi) is 3.44. The monoisotopic (exact) mass is 140 g/mol. The molecule has 10 heavy (non-hydrogen) atoms. The lowest BCUT2D eigenvalue weighted by Crippen LogP contribution is -2.30. The van der Waals surface area contributed by atoms with Crippen molar-refractivity contribution in [1.82, 2.24) is 5.32 Å². The van der Waals surface area contributed by atoms with Gasteiger partial charge in [-0.15, -0.1) is 0 Å². The summed E-state index contributed by atoms with van der Waals surface area (Å²) in [4.78, 5) is 4.46. The van der Waals surface area contributed by atoms with Crippen molar-refractivity contribution in [3.8, 4) is 0 Å². The van der Waals surface area contributed by atoms with Crippen LogP contribution in [0.1, 0.15) is 26.2 Å². The molecule has 0 saturated carbocycles.